The molecular formula is C14H19N3O5. The van der Waals surface area contributed by atoms with Gasteiger partial charge in [-0.1, -0.05) is 6.07 Å². The molecule has 0 aliphatic heterocycles. The quantitative estimate of drug-likeness (QED) is 0.650. The first-order chi connectivity index (χ1) is 10.1. The Morgan fingerprint density at radius 2 is 2.14 bits per heavy atom. The summed E-state index contributed by atoms with van der Waals surface area (Å²) in [7, 11) is 0. The predicted octanol–water partition coefficient (Wildman–Crippen LogP) is 1.66. The molecule has 0 aromatic heterocycles. The van der Waals surface area contributed by atoms with Gasteiger partial charge in [-0.25, -0.2) is 4.79 Å². The fourth-order valence-corrected chi connectivity index (χ4v) is 2.52. The Balaban J connectivity index is 2.45. The molecule has 1 aliphatic rings. The number of nitrogens with zero attached hydrogens (tertiary/aromatic N) is 2. The molecule has 2 unspecified atom stereocenters. The van der Waals surface area contributed by atoms with E-state index in [2.05, 4.69) is 0 Å². The third-order valence-electron chi connectivity index (χ3n) is 3.29. The lowest BCUT2D eigenvalue weighted by atomic mass is 10.1. The Bertz CT molecular complexity index is 611. The van der Waals surface area contributed by atoms with Crippen LogP contribution < -0.4 is 5.73 Å². The maximum atomic E-state index is 11.7. The summed E-state index contributed by atoms with van der Waals surface area (Å²) in [5.74, 6) is 0. The Labute approximate surface area is 127 Å². The minimum Gasteiger partial charge on any atom is -0.390 e. The summed E-state index contributed by atoms with van der Waals surface area (Å²) in [6.45, 7) is 5.20. The number of rotatable bonds is 3. The minimum absolute atomic E-state index is 0.113. The van der Waals surface area contributed by atoms with Crippen LogP contribution in [-0.2, 0) is 11.3 Å². The summed E-state index contributed by atoms with van der Waals surface area (Å²) < 4.78 is 0. The average Bonchev–Trinajstić information content (AvgIpc) is 2.69. The Morgan fingerprint density at radius 1 is 1.50 bits per heavy atom. The fourth-order valence-electron chi connectivity index (χ4n) is 2.52. The zero-order valence-electron chi connectivity index (χ0n) is 12.6. The SMILES string of the molecule is CC(C)(C)ON(C(N)=O)C1c2cc([N+](=O)[O-])ccc2CC1O. The van der Waals surface area contributed by atoms with Crippen molar-refractivity contribution >= 4 is 11.7 Å². The van der Waals surface area contributed by atoms with Gasteiger partial charge in [-0.05, 0) is 31.9 Å². The minimum atomic E-state index is -0.938. The molecule has 8 heteroatoms. The normalized spacial score (nSPS) is 20.5. The largest absolute Gasteiger partial charge is 0.390 e. The molecule has 120 valence electrons. The zero-order chi connectivity index (χ0) is 16.7. The molecular weight excluding hydrogens is 290 g/mol. The number of amides is 2. The lowest BCUT2D eigenvalue weighted by molar-refractivity contribution is -0.385. The van der Waals surface area contributed by atoms with Gasteiger partial charge in [0.05, 0.1) is 16.6 Å². The number of nitro groups is 1. The van der Waals surface area contributed by atoms with Crippen LogP contribution in [0.3, 0.4) is 0 Å². The number of fused-ring (bicyclic) bond motifs is 1. The van der Waals surface area contributed by atoms with Gasteiger partial charge >= 0.3 is 6.03 Å². The third kappa shape index (κ3) is 3.18. The van der Waals surface area contributed by atoms with E-state index in [0.717, 1.165) is 10.6 Å². The van der Waals surface area contributed by atoms with Gasteiger partial charge in [0.15, 0.2) is 0 Å². The number of nitrogens with two attached hydrogens (primary N) is 1. The van der Waals surface area contributed by atoms with Crippen LogP contribution in [0, 0.1) is 10.1 Å². The van der Waals surface area contributed by atoms with E-state index < -0.39 is 28.7 Å². The molecule has 22 heavy (non-hydrogen) atoms. The molecule has 3 N–H and O–H groups in total. The van der Waals surface area contributed by atoms with Crippen molar-refractivity contribution in [3.63, 3.8) is 0 Å². The van der Waals surface area contributed by atoms with Gasteiger partial charge in [0.25, 0.3) is 5.69 Å². The molecule has 8 nitrogen and oxygen atoms in total. The number of carbonyl (C=O) groups is 1. The van der Waals surface area contributed by atoms with Crippen LogP contribution in [0.4, 0.5) is 10.5 Å². The first-order valence-electron chi connectivity index (χ1n) is 6.83. The maximum Gasteiger partial charge on any atom is 0.339 e. The number of nitro benzene ring substituents is 1. The Hall–Kier alpha value is -2.19. The molecule has 2 rings (SSSR count). The van der Waals surface area contributed by atoms with Crippen LogP contribution in [-0.4, -0.2) is 32.8 Å². The lowest BCUT2D eigenvalue weighted by Crippen LogP contribution is -2.46. The highest BCUT2D eigenvalue weighted by atomic mass is 16.7. The van der Waals surface area contributed by atoms with Gasteiger partial charge in [-0.15, -0.1) is 0 Å². The van der Waals surface area contributed by atoms with E-state index in [1.54, 1.807) is 26.8 Å². The van der Waals surface area contributed by atoms with Gasteiger partial charge in [0.1, 0.15) is 6.04 Å². The molecule has 0 saturated carbocycles. The number of carbonyl (C=O) groups excluding carboxylic acids is 1. The molecule has 0 spiro atoms. The smallest absolute Gasteiger partial charge is 0.339 e. The van der Waals surface area contributed by atoms with Crippen molar-refractivity contribution in [1.29, 1.82) is 0 Å². The van der Waals surface area contributed by atoms with Crippen molar-refractivity contribution in [2.24, 2.45) is 5.73 Å². The highest BCUT2D eigenvalue weighted by molar-refractivity contribution is 5.72. The third-order valence-corrected chi connectivity index (χ3v) is 3.29. The number of urea groups is 1. The second-order valence-electron chi connectivity index (χ2n) is 6.22. The van der Waals surface area contributed by atoms with Gasteiger partial charge in [0, 0.05) is 18.6 Å². The highest BCUT2D eigenvalue weighted by Gasteiger charge is 2.40. The van der Waals surface area contributed by atoms with Gasteiger partial charge in [-0.2, -0.15) is 5.06 Å². The number of hydroxylamine groups is 2. The lowest BCUT2D eigenvalue weighted by Gasteiger charge is -2.34. The average molecular weight is 309 g/mol. The van der Waals surface area contributed by atoms with Crippen molar-refractivity contribution in [2.75, 3.05) is 0 Å². The van der Waals surface area contributed by atoms with E-state index in [1.807, 2.05) is 0 Å². The summed E-state index contributed by atoms with van der Waals surface area (Å²) in [4.78, 5) is 27.7. The summed E-state index contributed by atoms with van der Waals surface area (Å²) in [6, 6.07) is 2.56. The monoisotopic (exact) mass is 309 g/mol. The molecule has 1 aliphatic carbocycles. The number of primary amides is 1. The molecule has 0 saturated heterocycles. The molecule has 1 aromatic rings. The van der Waals surface area contributed by atoms with E-state index in [9.17, 15) is 20.0 Å². The number of benzene rings is 1. The Morgan fingerprint density at radius 3 is 2.64 bits per heavy atom. The summed E-state index contributed by atoms with van der Waals surface area (Å²) in [5, 5.41) is 22.1. The standard InChI is InChI=1S/C14H19N3O5/c1-14(2,3)22-16(13(15)19)12-10-7-9(17(20)21)5-4-8(10)6-11(12)18/h4-5,7,11-12,18H,6H2,1-3H3,(H2,15,19). The second-order valence-corrected chi connectivity index (χ2v) is 6.22. The number of hydrogen-bond donors (Lipinski definition) is 2. The van der Waals surface area contributed by atoms with E-state index in [4.69, 9.17) is 10.6 Å². The van der Waals surface area contributed by atoms with Crippen LogP contribution in [0.2, 0.25) is 0 Å². The molecule has 0 radical (unpaired) electrons. The number of aliphatic hydroxyl groups excluding tert-OH is 1. The van der Waals surface area contributed by atoms with E-state index in [-0.39, 0.29) is 12.1 Å². The van der Waals surface area contributed by atoms with E-state index in [0.29, 0.717) is 5.56 Å². The number of aliphatic hydroxyl groups is 1. The first-order valence-corrected chi connectivity index (χ1v) is 6.83. The number of non-ortho nitro benzene ring substituents is 1. The highest BCUT2D eigenvalue weighted by Crippen LogP contribution is 2.39. The molecule has 0 heterocycles. The Kier molecular flexibility index (Phi) is 4.08. The fraction of sp³-hybridized carbons (Fsp3) is 0.500. The van der Waals surface area contributed by atoms with Crippen molar-refractivity contribution in [3.05, 3.63) is 39.4 Å². The molecule has 1 aromatic carbocycles. The van der Waals surface area contributed by atoms with Gasteiger partial charge in [-0.3, -0.25) is 15.0 Å². The van der Waals surface area contributed by atoms with Crippen LogP contribution in [0.1, 0.15) is 37.9 Å². The molecule has 2 atom stereocenters. The van der Waals surface area contributed by atoms with Crippen molar-refractivity contribution < 1.29 is 19.7 Å². The van der Waals surface area contributed by atoms with Crippen molar-refractivity contribution in [2.45, 2.75) is 44.9 Å². The predicted molar refractivity (Wildman–Crippen MR) is 77.8 cm³/mol. The number of hydrogen-bond acceptors (Lipinski definition) is 5. The van der Waals surface area contributed by atoms with Crippen LogP contribution in [0.25, 0.3) is 0 Å². The van der Waals surface area contributed by atoms with Gasteiger partial charge in [0.2, 0.25) is 0 Å². The summed E-state index contributed by atoms with van der Waals surface area (Å²) in [5.41, 5.74) is 5.74. The molecule has 2 amide bonds. The van der Waals surface area contributed by atoms with Crippen LogP contribution in [0.15, 0.2) is 18.2 Å². The van der Waals surface area contributed by atoms with Crippen molar-refractivity contribution in [3.8, 4) is 0 Å². The maximum absolute atomic E-state index is 11.7. The van der Waals surface area contributed by atoms with Crippen LogP contribution in [0.5, 0.6) is 0 Å². The second kappa shape index (κ2) is 5.54. The summed E-state index contributed by atoms with van der Waals surface area (Å²) >= 11 is 0. The van der Waals surface area contributed by atoms with Crippen LogP contribution >= 0.6 is 0 Å². The summed E-state index contributed by atoms with van der Waals surface area (Å²) in [6.07, 6.45) is -0.665. The first kappa shape index (κ1) is 16.2. The zero-order valence-corrected chi connectivity index (χ0v) is 12.6. The van der Waals surface area contributed by atoms with E-state index >= 15 is 0 Å². The van der Waals surface area contributed by atoms with Gasteiger partial charge < -0.3 is 10.8 Å². The molecule has 0 bridgehead atoms. The van der Waals surface area contributed by atoms with Crippen molar-refractivity contribution in [1.82, 2.24) is 5.06 Å². The van der Waals surface area contributed by atoms with E-state index in [1.165, 1.54) is 12.1 Å². The topological polar surface area (TPSA) is 119 Å². The molecule has 0 fully saturated rings.